The highest BCUT2D eigenvalue weighted by molar-refractivity contribution is 5.53. The topological polar surface area (TPSA) is 82.1 Å². The Morgan fingerprint density at radius 2 is 2.11 bits per heavy atom. The first kappa shape index (κ1) is 15.3. The van der Waals surface area contributed by atoms with E-state index in [2.05, 4.69) is 5.32 Å². The van der Waals surface area contributed by atoms with Crippen LogP contribution in [0.1, 0.15) is 18.1 Å². The maximum atomic E-state index is 12.7. The molecule has 19 heavy (non-hydrogen) atoms. The molecule has 4 nitrogen and oxygen atoms in total. The third kappa shape index (κ3) is 4.12. The largest absolute Gasteiger partial charge is 0.417 e. The molecule has 4 N–H and O–H groups in total. The van der Waals surface area contributed by atoms with E-state index in [0.29, 0.717) is 0 Å². The lowest BCUT2D eigenvalue weighted by molar-refractivity contribution is -0.137. The van der Waals surface area contributed by atoms with Crippen LogP contribution in [0.5, 0.6) is 0 Å². The second-order valence-electron chi connectivity index (χ2n) is 4.16. The molecule has 104 valence electrons. The number of nitriles is 1. The van der Waals surface area contributed by atoms with E-state index >= 15 is 0 Å². The van der Waals surface area contributed by atoms with E-state index < -0.39 is 29.4 Å². The van der Waals surface area contributed by atoms with Crippen LogP contribution in [0.2, 0.25) is 0 Å². The minimum absolute atomic E-state index is 0.126. The molecule has 0 aliphatic rings. The van der Waals surface area contributed by atoms with Gasteiger partial charge >= 0.3 is 6.18 Å². The predicted molar refractivity (Wildman–Crippen MR) is 64.3 cm³/mol. The Morgan fingerprint density at radius 3 is 2.58 bits per heavy atom. The minimum Gasteiger partial charge on any atom is -0.392 e. The maximum Gasteiger partial charge on any atom is 0.417 e. The van der Waals surface area contributed by atoms with Gasteiger partial charge in [0.2, 0.25) is 0 Å². The van der Waals surface area contributed by atoms with Crippen LogP contribution in [-0.4, -0.2) is 23.8 Å². The van der Waals surface area contributed by atoms with Gasteiger partial charge in [0.05, 0.1) is 23.3 Å². The summed E-state index contributed by atoms with van der Waals surface area (Å²) in [5.74, 6) is 0. The third-order valence-corrected chi connectivity index (χ3v) is 2.61. The summed E-state index contributed by atoms with van der Waals surface area (Å²) in [5, 5.41) is 20.5. The summed E-state index contributed by atoms with van der Waals surface area (Å²) in [6.45, 7) is 1.62. The third-order valence-electron chi connectivity index (χ3n) is 2.61. The number of hydrogen-bond donors (Lipinski definition) is 3. The molecule has 1 rings (SSSR count). The summed E-state index contributed by atoms with van der Waals surface area (Å²) < 4.78 is 38.1. The molecule has 1 aromatic rings. The first-order valence-corrected chi connectivity index (χ1v) is 5.54. The van der Waals surface area contributed by atoms with E-state index in [1.807, 2.05) is 0 Å². The van der Waals surface area contributed by atoms with E-state index in [0.717, 1.165) is 12.1 Å². The molecule has 0 aliphatic heterocycles. The molecule has 0 aromatic heterocycles. The molecule has 0 amide bonds. The van der Waals surface area contributed by atoms with Gasteiger partial charge in [-0.2, -0.15) is 18.4 Å². The lowest BCUT2D eigenvalue weighted by atomic mass is 10.1. The van der Waals surface area contributed by atoms with Crippen molar-refractivity contribution in [2.45, 2.75) is 25.2 Å². The first-order chi connectivity index (χ1) is 8.75. The van der Waals surface area contributed by atoms with Crippen LogP contribution in [0.25, 0.3) is 0 Å². The number of anilines is 1. The average Bonchev–Trinajstić information content (AvgIpc) is 2.34. The molecule has 0 spiro atoms. The second-order valence-corrected chi connectivity index (χ2v) is 4.16. The van der Waals surface area contributed by atoms with Gasteiger partial charge in [0.1, 0.15) is 0 Å². The van der Waals surface area contributed by atoms with Crippen molar-refractivity contribution >= 4 is 5.69 Å². The molecule has 2 atom stereocenters. The Morgan fingerprint density at radius 1 is 1.47 bits per heavy atom. The van der Waals surface area contributed by atoms with Gasteiger partial charge in [-0.15, -0.1) is 0 Å². The van der Waals surface area contributed by atoms with Gasteiger partial charge in [-0.1, -0.05) is 0 Å². The highest BCUT2D eigenvalue weighted by atomic mass is 19.4. The van der Waals surface area contributed by atoms with Crippen molar-refractivity contribution in [3.05, 3.63) is 29.3 Å². The molecule has 0 radical (unpaired) electrons. The number of halogens is 3. The van der Waals surface area contributed by atoms with Crippen LogP contribution in [0.15, 0.2) is 18.2 Å². The maximum absolute atomic E-state index is 12.7. The number of nitrogens with zero attached hydrogens (tertiary/aromatic N) is 1. The second kappa shape index (κ2) is 5.91. The molecule has 0 saturated carbocycles. The normalized spacial score (nSPS) is 14.6. The lowest BCUT2D eigenvalue weighted by Gasteiger charge is -2.17. The molecule has 0 heterocycles. The number of rotatable bonds is 4. The summed E-state index contributed by atoms with van der Waals surface area (Å²) in [6, 6.07) is 4.22. The molecule has 1 aromatic carbocycles. The van der Waals surface area contributed by atoms with E-state index in [1.54, 1.807) is 0 Å². The fourth-order valence-electron chi connectivity index (χ4n) is 1.39. The molecule has 0 fully saturated rings. The summed E-state index contributed by atoms with van der Waals surface area (Å²) in [6.07, 6.45) is -5.36. The Kier molecular flexibility index (Phi) is 4.75. The van der Waals surface area contributed by atoms with Gasteiger partial charge in [-0.25, -0.2) is 0 Å². The van der Waals surface area contributed by atoms with Crippen molar-refractivity contribution < 1.29 is 18.3 Å². The monoisotopic (exact) mass is 273 g/mol. The van der Waals surface area contributed by atoms with Crippen molar-refractivity contribution in [2.24, 2.45) is 5.73 Å². The summed E-state index contributed by atoms with van der Waals surface area (Å²) >= 11 is 0. The molecule has 0 aliphatic carbocycles. The van der Waals surface area contributed by atoms with E-state index in [4.69, 9.17) is 11.0 Å². The highest BCUT2D eigenvalue weighted by Gasteiger charge is 2.33. The van der Waals surface area contributed by atoms with E-state index in [1.165, 1.54) is 19.1 Å². The predicted octanol–water partition coefficient (Wildman–Crippen LogP) is 1.70. The zero-order chi connectivity index (χ0) is 14.6. The van der Waals surface area contributed by atoms with Gasteiger partial charge in [-0.05, 0) is 25.1 Å². The molecule has 2 unspecified atom stereocenters. The number of aliphatic hydroxyl groups is 1. The molecule has 7 heteroatoms. The van der Waals surface area contributed by atoms with Crippen molar-refractivity contribution in [1.82, 2.24) is 0 Å². The van der Waals surface area contributed by atoms with Gasteiger partial charge in [0, 0.05) is 18.3 Å². The van der Waals surface area contributed by atoms with Crippen LogP contribution < -0.4 is 11.1 Å². The van der Waals surface area contributed by atoms with Crippen molar-refractivity contribution in [2.75, 3.05) is 11.9 Å². The summed E-state index contributed by atoms with van der Waals surface area (Å²) in [4.78, 5) is 0. The molecule has 0 bridgehead atoms. The SMILES string of the molecule is CC(O)C(N)CNc1ccc(C#N)c(C(F)(F)F)c1. The Hall–Kier alpha value is -1.78. The molecular weight excluding hydrogens is 259 g/mol. The van der Waals surface area contributed by atoms with Crippen LogP contribution in [0, 0.1) is 11.3 Å². The van der Waals surface area contributed by atoms with Crippen LogP contribution in [0.3, 0.4) is 0 Å². The average molecular weight is 273 g/mol. The number of alkyl halides is 3. The van der Waals surface area contributed by atoms with Crippen LogP contribution in [-0.2, 0) is 6.18 Å². The number of hydrogen-bond acceptors (Lipinski definition) is 4. The van der Waals surface area contributed by atoms with Crippen molar-refractivity contribution in [3.63, 3.8) is 0 Å². The molecular formula is C12H14F3N3O. The van der Waals surface area contributed by atoms with Gasteiger partial charge in [0.25, 0.3) is 0 Å². The molecule has 0 saturated heterocycles. The van der Waals surface area contributed by atoms with E-state index in [9.17, 15) is 18.3 Å². The van der Waals surface area contributed by atoms with Gasteiger partial charge in [0.15, 0.2) is 0 Å². The number of benzene rings is 1. The Labute approximate surface area is 108 Å². The smallest absolute Gasteiger partial charge is 0.392 e. The van der Waals surface area contributed by atoms with Gasteiger partial charge in [-0.3, -0.25) is 0 Å². The lowest BCUT2D eigenvalue weighted by Crippen LogP contribution is -2.38. The Balaban J connectivity index is 2.91. The van der Waals surface area contributed by atoms with Crippen LogP contribution >= 0.6 is 0 Å². The van der Waals surface area contributed by atoms with Crippen molar-refractivity contribution in [3.8, 4) is 6.07 Å². The van der Waals surface area contributed by atoms with Gasteiger partial charge < -0.3 is 16.2 Å². The van der Waals surface area contributed by atoms with Crippen LogP contribution in [0.4, 0.5) is 18.9 Å². The fourth-order valence-corrected chi connectivity index (χ4v) is 1.39. The number of nitrogens with two attached hydrogens (primary N) is 1. The zero-order valence-corrected chi connectivity index (χ0v) is 10.2. The summed E-state index contributed by atoms with van der Waals surface area (Å²) in [7, 11) is 0. The van der Waals surface area contributed by atoms with E-state index in [-0.39, 0.29) is 12.2 Å². The number of aliphatic hydroxyl groups excluding tert-OH is 1. The first-order valence-electron chi connectivity index (χ1n) is 5.54. The Bertz CT molecular complexity index is 480. The quantitative estimate of drug-likeness (QED) is 0.779. The minimum atomic E-state index is -4.59. The highest BCUT2D eigenvalue weighted by Crippen LogP contribution is 2.33. The number of nitrogens with one attached hydrogen (secondary N) is 1. The van der Waals surface area contributed by atoms with Crippen molar-refractivity contribution in [1.29, 1.82) is 5.26 Å². The fraction of sp³-hybridized carbons (Fsp3) is 0.417. The zero-order valence-electron chi connectivity index (χ0n) is 10.2. The summed E-state index contributed by atoms with van der Waals surface area (Å²) in [5.41, 5.74) is 4.33. The standard InChI is InChI=1S/C12H14F3N3O/c1-7(19)11(17)6-18-9-3-2-8(5-16)10(4-9)12(13,14)15/h2-4,7,11,18-19H,6,17H2,1H3.